The second-order valence-electron chi connectivity index (χ2n) is 6.12. The molecule has 0 aliphatic carbocycles. The summed E-state index contributed by atoms with van der Waals surface area (Å²) in [7, 11) is 1.61. The van der Waals surface area contributed by atoms with Gasteiger partial charge in [0.05, 0.1) is 7.11 Å². The highest BCUT2D eigenvalue weighted by molar-refractivity contribution is 5.91. The largest absolute Gasteiger partial charge is 0.497 e. The van der Waals surface area contributed by atoms with Crippen LogP contribution in [-0.2, 0) is 6.54 Å². The molecule has 1 aromatic carbocycles. The highest BCUT2D eigenvalue weighted by atomic mass is 16.5. The number of carbonyl (C=O) groups excluding carboxylic acids is 1. The first-order valence-corrected chi connectivity index (χ1v) is 8.83. The number of fused-ring (bicyclic) bond motifs is 1. The fourth-order valence-corrected chi connectivity index (χ4v) is 2.92. The summed E-state index contributed by atoms with van der Waals surface area (Å²) >= 11 is 0. The van der Waals surface area contributed by atoms with Crippen LogP contribution in [0.15, 0.2) is 29.1 Å². The zero-order chi connectivity index (χ0) is 18.5. The Morgan fingerprint density at radius 2 is 1.96 bits per heavy atom. The molecule has 3 rings (SSSR count). The van der Waals surface area contributed by atoms with Crippen LogP contribution in [-0.4, -0.2) is 40.9 Å². The summed E-state index contributed by atoms with van der Waals surface area (Å²) in [5.74, 6) is 0.742. The third-order valence-corrected chi connectivity index (χ3v) is 4.38. The minimum absolute atomic E-state index is 0.151. The van der Waals surface area contributed by atoms with Crippen LogP contribution in [0, 0.1) is 0 Å². The van der Waals surface area contributed by atoms with E-state index in [9.17, 15) is 9.59 Å². The summed E-state index contributed by atoms with van der Waals surface area (Å²) in [5.41, 5.74) is 0.336. The second kappa shape index (κ2) is 7.99. The zero-order valence-electron chi connectivity index (χ0n) is 15.1. The van der Waals surface area contributed by atoms with Crippen molar-refractivity contribution in [3.8, 4) is 5.75 Å². The molecule has 8 nitrogen and oxygen atoms in total. The predicted molar refractivity (Wildman–Crippen MR) is 98.2 cm³/mol. The monoisotopic (exact) mass is 357 g/mol. The number of anilines is 2. The fraction of sp³-hybridized carbons (Fsp3) is 0.444. The van der Waals surface area contributed by atoms with Gasteiger partial charge in [0.2, 0.25) is 11.6 Å². The van der Waals surface area contributed by atoms with Crippen LogP contribution >= 0.6 is 0 Å². The smallest absolute Gasteiger partial charge is 0.286 e. The number of hydrogen-bond donors (Lipinski definition) is 1. The van der Waals surface area contributed by atoms with Gasteiger partial charge in [0.1, 0.15) is 5.75 Å². The van der Waals surface area contributed by atoms with Gasteiger partial charge in [-0.05, 0) is 30.7 Å². The molecule has 1 N–H and O–H groups in total. The Morgan fingerprint density at radius 3 is 2.65 bits per heavy atom. The number of aromatic nitrogens is 3. The molecule has 0 fully saturated rings. The number of ether oxygens (including phenoxy) is 1. The number of methoxy groups -OCH3 is 1. The van der Waals surface area contributed by atoms with Crippen LogP contribution in [0.25, 0.3) is 0 Å². The number of unbranched alkanes of at least 4 members (excludes halogenated alkanes) is 2. The standard InChI is InChI=1S/C18H23N5O3/c1-3-4-5-10-19-16(24)15-17(25)23-12-11-22(18(23)21-20-15)13-6-8-14(26-2)9-7-13/h6-9H,3-5,10-12H2,1-2H3,(H,19,24). The first-order chi connectivity index (χ1) is 12.7. The van der Waals surface area contributed by atoms with E-state index in [1.165, 1.54) is 4.57 Å². The van der Waals surface area contributed by atoms with Crippen LogP contribution in [0.3, 0.4) is 0 Å². The Labute approximate surface area is 151 Å². The van der Waals surface area contributed by atoms with E-state index in [1.807, 2.05) is 29.2 Å². The highest BCUT2D eigenvalue weighted by Crippen LogP contribution is 2.28. The molecule has 0 atom stereocenters. The molecule has 1 aliphatic rings. The molecular weight excluding hydrogens is 334 g/mol. The minimum Gasteiger partial charge on any atom is -0.497 e. The minimum atomic E-state index is -0.461. The third-order valence-electron chi connectivity index (χ3n) is 4.38. The lowest BCUT2D eigenvalue weighted by Crippen LogP contribution is -2.35. The number of nitrogens with zero attached hydrogens (tertiary/aromatic N) is 4. The maximum atomic E-state index is 12.6. The molecule has 0 unspecified atom stereocenters. The topological polar surface area (TPSA) is 89.3 Å². The first-order valence-electron chi connectivity index (χ1n) is 8.83. The van der Waals surface area contributed by atoms with Crippen molar-refractivity contribution in [2.75, 3.05) is 25.1 Å². The van der Waals surface area contributed by atoms with Crippen molar-refractivity contribution < 1.29 is 9.53 Å². The Hall–Kier alpha value is -2.90. The highest BCUT2D eigenvalue weighted by Gasteiger charge is 2.27. The number of hydrogen-bond acceptors (Lipinski definition) is 6. The first kappa shape index (κ1) is 17.9. The Kier molecular flexibility index (Phi) is 5.50. The molecule has 0 saturated carbocycles. The Bertz CT molecular complexity index is 832. The van der Waals surface area contributed by atoms with E-state index >= 15 is 0 Å². The van der Waals surface area contributed by atoms with Crippen LogP contribution in [0.4, 0.5) is 11.6 Å². The maximum Gasteiger partial charge on any atom is 0.286 e. The van der Waals surface area contributed by atoms with E-state index in [0.717, 1.165) is 30.7 Å². The molecule has 138 valence electrons. The van der Waals surface area contributed by atoms with Gasteiger partial charge in [-0.25, -0.2) is 0 Å². The summed E-state index contributed by atoms with van der Waals surface area (Å²) < 4.78 is 6.66. The molecule has 1 aliphatic heterocycles. The van der Waals surface area contributed by atoms with Crippen molar-refractivity contribution in [2.24, 2.45) is 0 Å². The Morgan fingerprint density at radius 1 is 1.19 bits per heavy atom. The molecule has 8 heteroatoms. The molecule has 2 aromatic rings. The van der Waals surface area contributed by atoms with Crippen molar-refractivity contribution in [3.63, 3.8) is 0 Å². The number of amides is 1. The van der Waals surface area contributed by atoms with Crippen molar-refractivity contribution >= 4 is 17.5 Å². The van der Waals surface area contributed by atoms with E-state index in [-0.39, 0.29) is 5.69 Å². The van der Waals surface area contributed by atoms with Gasteiger partial charge in [-0.3, -0.25) is 14.2 Å². The van der Waals surface area contributed by atoms with E-state index in [2.05, 4.69) is 22.4 Å². The summed E-state index contributed by atoms with van der Waals surface area (Å²) in [6, 6.07) is 7.49. The van der Waals surface area contributed by atoms with Gasteiger partial charge >= 0.3 is 0 Å². The molecule has 26 heavy (non-hydrogen) atoms. The van der Waals surface area contributed by atoms with Gasteiger partial charge in [-0.1, -0.05) is 19.8 Å². The third kappa shape index (κ3) is 3.54. The number of nitrogens with one attached hydrogen (secondary N) is 1. The van der Waals surface area contributed by atoms with Gasteiger partial charge in [-0.15, -0.1) is 10.2 Å². The average molecular weight is 357 g/mol. The summed E-state index contributed by atoms with van der Waals surface area (Å²) in [6.07, 6.45) is 2.98. The van der Waals surface area contributed by atoms with Crippen molar-refractivity contribution in [3.05, 3.63) is 40.3 Å². The van der Waals surface area contributed by atoms with E-state index < -0.39 is 11.5 Å². The van der Waals surface area contributed by atoms with Gasteiger partial charge in [0.15, 0.2) is 0 Å². The maximum absolute atomic E-state index is 12.6. The number of carbonyl (C=O) groups is 1. The lowest BCUT2D eigenvalue weighted by atomic mass is 10.2. The van der Waals surface area contributed by atoms with Gasteiger partial charge in [0, 0.05) is 25.3 Å². The molecule has 1 aromatic heterocycles. The second-order valence-corrected chi connectivity index (χ2v) is 6.12. The number of rotatable bonds is 7. The predicted octanol–water partition coefficient (Wildman–Crippen LogP) is 1.72. The molecule has 0 bridgehead atoms. The summed E-state index contributed by atoms with van der Waals surface area (Å²) in [4.78, 5) is 26.7. The molecule has 0 saturated heterocycles. The quantitative estimate of drug-likeness (QED) is 0.759. The van der Waals surface area contributed by atoms with E-state index in [4.69, 9.17) is 4.74 Å². The van der Waals surface area contributed by atoms with Crippen LogP contribution in [0.1, 0.15) is 36.7 Å². The average Bonchev–Trinajstić information content (AvgIpc) is 3.10. The van der Waals surface area contributed by atoms with Crippen LogP contribution in [0.5, 0.6) is 5.75 Å². The summed E-state index contributed by atoms with van der Waals surface area (Å²) in [6.45, 7) is 3.69. The van der Waals surface area contributed by atoms with E-state index in [1.54, 1.807) is 7.11 Å². The molecule has 1 amide bonds. The van der Waals surface area contributed by atoms with E-state index in [0.29, 0.717) is 25.6 Å². The normalized spacial score (nSPS) is 12.8. The lowest BCUT2D eigenvalue weighted by molar-refractivity contribution is 0.0944. The SMILES string of the molecule is CCCCCNC(=O)c1nnc2n(c1=O)CCN2c1ccc(OC)cc1. The van der Waals surface area contributed by atoms with Gasteiger partial charge in [-0.2, -0.15) is 0 Å². The van der Waals surface area contributed by atoms with Crippen molar-refractivity contribution in [2.45, 2.75) is 32.7 Å². The van der Waals surface area contributed by atoms with Crippen molar-refractivity contribution in [1.29, 1.82) is 0 Å². The van der Waals surface area contributed by atoms with Gasteiger partial charge in [0.25, 0.3) is 11.5 Å². The summed E-state index contributed by atoms with van der Waals surface area (Å²) in [5, 5.41) is 10.8. The van der Waals surface area contributed by atoms with Crippen molar-refractivity contribution in [1.82, 2.24) is 20.1 Å². The molecule has 0 spiro atoms. The number of benzene rings is 1. The zero-order valence-corrected chi connectivity index (χ0v) is 15.1. The van der Waals surface area contributed by atoms with Crippen LogP contribution < -0.4 is 20.5 Å². The molecule has 0 radical (unpaired) electrons. The molecular formula is C18H23N5O3. The lowest BCUT2D eigenvalue weighted by Gasteiger charge is -2.17. The van der Waals surface area contributed by atoms with Crippen LogP contribution in [0.2, 0.25) is 0 Å². The molecule has 2 heterocycles. The Balaban J connectivity index is 1.79. The van der Waals surface area contributed by atoms with Gasteiger partial charge < -0.3 is 15.0 Å². The fourth-order valence-electron chi connectivity index (χ4n) is 2.92.